The zero-order valence-electron chi connectivity index (χ0n) is 19.7. The summed E-state index contributed by atoms with van der Waals surface area (Å²) < 4.78 is 2.39. The summed E-state index contributed by atoms with van der Waals surface area (Å²) >= 11 is 0. The highest BCUT2D eigenvalue weighted by Crippen LogP contribution is 2.33. The number of aromatic nitrogens is 2. The summed E-state index contributed by atoms with van der Waals surface area (Å²) in [5.41, 5.74) is 4.43. The number of nitrogens with zero attached hydrogens (tertiary/aromatic N) is 3. The van der Waals surface area contributed by atoms with Gasteiger partial charge in [-0.25, -0.2) is 4.98 Å². The third-order valence-corrected chi connectivity index (χ3v) is 6.72. The molecule has 4 nitrogen and oxygen atoms in total. The van der Waals surface area contributed by atoms with Gasteiger partial charge in [0, 0.05) is 31.1 Å². The van der Waals surface area contributed by atoms with E-state index in [0.29, 0.717) is 13.0 Å². The van der Waals surface area contributed by atoms with Crippen LogP contribution in [0.15, 0.2) is 48.5 Å². The lowest BCUT2D eigenvalue weighted by Gasteiger charge is -2.18. The first-order valence-corrected chi connectivity index (χ1v) is 12.5. The molecule has 0 aliphatic carbocycles. The van der Waals surface area contributed by atoms with Crippen molar-refractivity contribution in [1.82, 2.24) is 9.55 Å². The number of imidazole rings is 1. The number of aryl methyl sites for hydroxylation is 2. The smallest absolute Gasteiger partial charge is 0.227 e. The van der Waals surface area contributed by atoms with E-state index in [2.05, 4.69) is 54.8 Å². The molecule has 1 amide bonds. The van der Waals surface area contributed by atoms with Crippen molar-refractivity contribution in [3.8, 4) is 0 Å². The molecule has 1 aliphatic heterocycles. The molecule has 32 heavy (non-hydrogen) atoms. The van der Waals surface area contributed by atoms with Crippen LogP contribution < -0.4 is 4.90 Å². The number of benzene rings is 2. The van der Waals surface area contributed by atoms with Gasteiger partial charge in [-0.05, 0) is 43.2 Å². The van der Waals surface area contributed by atoms with Crippen LogP contribution in [0.4, 0.5) is 5.69 Å². The van der Waals surface area contributed by atoms with Crippen LogP contribution in [0.25, 0.3) is 11.0 Å². The van der Waals surface area contributed by atoms with E-state index in [1.807, 2.05) is 17.0 Å². The van der Waals surface area contributed by atoms with Crippen LogP contribution in [0.1, 0.15) is 82.0 Å². The molecule has 0 spiro atoms. The fourth-order valence-electron chi connectivity index (χ4n) is 4.97. The lowest BCUT2D eigenvalue weighted by molar-refractivity contribution is -0.117. The predicted octanol–water partition coefficient (Wildman–Crippen LogP) is 7.01. The summed E-state index contributed by atoms with van der Waals surface area (Å²) in [6.45, 7) is 6.04. The van der Waals surface area contributed by atoms with Crippen LogP contribution in [-0.4, -0.2) is 22.0 Å². The number of anilines is 1. The van der Waals surface area contributed by atoms with E-state index in [0.717, 1.165) is 23.6 Å². The number of hydrogen-bond acceptors (Lipinski definition) is 2. The number of amides is 1. The van der Waals surface area contributed by atoms with Gasteiger partial charge in [0.1, 0.15) is 5.82 Å². The van der Waals surface area contributed by atoms with Gasteiger partial charge in [-0.2, -0.15) is 0 Å². The molecule has 1 saturated heterocycles. The normalized spacial score (nSPS) is 16.4. The molecule has 0 unspecified atom stereocenters. The first-order valence-electron chi connectivity index (χ1n) is 12.5. The Morgan fingerprint density at radius 2 is 1.69 bits per heavy atom. The van der Waals surface area contributed by atoms with Crippen molar-refractivity contribution >= 4 is 22.6 Å². The zero-order chi connectivity index (χ0) is 22.3. The predicted molar refractivity (Wildman–Crippen MR) is 133 cm³/mol. The minimum Gasteiger partial charge on any atom is -0.328 e. The molecule has 4 heteroatoms. The van der Waals surface area contributed by atoms with Gasteiger partial charge in [0.05, 0.1) is 11.0 Å². The SMILES string of the molecule is CCCCCCCCCCn1c([C@@H]2CC(=O)N(c3cccc(C)c3)C2)nc2ccccc21. The Bertz CT molecular complexity index is 1040. The minimum atomic E-state index is 0.143. The molecular formula is C28H37N3O. The Hall–Kier alpha value is -2.62. The largest absolute Gasteiger partial charge is 0.328 e. The van der Waals surface area contributed by atoms with Gasteiger partial charge in [-0.1, -0.05) is 76.1 Å². The van der Waals surface area contributed by atoms with Crippen molar-refractivity contribution in [2.45, 2.75) is 84.1 Å². The van der Waals surface area contributed by atoms with E-state index in [1.54, 1.807) is 0 Å². The lowest BCUT2D eigenvalue weighted by Crippen LogP contribution is -2.24. The summed E-state index contributed by atoms with van der Waals surface area (Å²) in [6.07, 6.45) is 11.0. The first-order chi connectivity index (χ1) is 15.7. The summed E-state index contributed by atoms with van der Waals surface area (Å²) in [5, 5.41) is 0. The van der Waals surface area contributed by atoms with Gasteiger partial charge >= 0.3 is 0 Å². The Morgan fingerprint density at radius 1 is 0.938 bits per heavy atom. The van der Waals surface area contributed by atoms with Crippen molar-refractivity contribution in [3.05, 3.63) is 59.9 Å². The van der Waals surface area contributed by atoms with E-state index in [9.17, 15) is 4.79 Å². The molecule has 4 rings (SSSR count). The molecule has 0 bridgehead atoms. The average molecular weight is 432 g/mol. The topological polar surface area (TPSA) is 38.1 Å². The van der Waals surface area contributed by atoms with Crippen LogP contribution in [-0.2, 0) is 11.3 Å². The quantitative estimate of drug-likeness (QED) is 0.306. The van der Waals surface area contributed by atoms with Crippen molar-refractivity contribution in [2.24, 2.45) is 0 Å². The first kappa shape index (κ1) is 22.6. The fraction of sp³-hybridized carbons (Fsp3) is 0.500. The summed E-state index contributed by atoms with van der Waals surface area (Å²) in [4.78, 5) is 19.8. The molecule has 0 radical (unpaired) electrons. The number of hydrogen-bond donors (Lipinski definition) is 0. The average Bonchev–Trinajstić information content (AvgIpc) is 3.36. The lowest BCUT2D eigenvalue weighted by atomic mass is 10.1. The number of rotatable bonds is 11. The number of para-hydroxylation sites is 2. The molecule has 1 atom stereocenters. The van der Waals surface area contributed by atoms with E-state index in [-0.39, 0.29) is 11.8 Å². The van der Waals surface area contributed by atoms with Crippen molar-refractivity contribution in [3.63, 3.8) is 0 Å². The van der Waals surface area contributed by atoms with Gasteiger partial charge in [-0.15, -0.1) is 0 Å². The van der Waals surface area contributed by atoms with Crippen LogP contribution >= 0.6 is 0 Å². The van der Waals surface area contributed by atoms with Crippen molar-refractivity contribution in [1.29, 1.82) is 0 Å². The number of unbranched alkanes of at least 4 members (excludes halogenated alkanes) is 7. The number of carbonyl (C=O) groups excluding carboxylic acids is 1. The summed E-state index contributed by atoms with van der Waals surface area (Å²) in [7, 11) is 0. The van der Waals surface area contributed by atoms with E-state index in [1.165, 1.54) is 62.4 Å². The summed E-state index contributed by atoms with van der Waals surface area (Å²) in [5.74, 6) is 1.42. The highest BCUT2D eigenvalue weighted by molar-refractivity contribution is 5.96. The van der Waals surface area contributed by atoms with Gasteiger partial charge < -0.3 is 9.47 Å². The monoisotopic (exact) mass is 431 g/mol. The molecule has 0 saturated carbocycles. The van der Waals surface area contributed by atoms with Gasteiger partial charge in [0.2, 0.25) is 5.91 Å². The molecule has 170 valence electrons. The third kappa shape index (κ3) is 5.23. The summed E-state index contributed by atoms with van der Waals surface area (Å²) in [6, 6.07) is 16.7. The van der Waals surface area contributed by atoms with Crippen LogP contribution in [0, 0.1) is 6.92 Å². The molecule has 1 aromatic heterocycles. The molecule has 0 N–H and O–H groups in total. The second-order valence-corrected chi connectivity index (χ2v) is 9.33. The maximum atomic E-state index is 12.9. The zero-order valence-corrected chi connectivity index (χ0v) is 19.7. The highest BCUT2D eigenvalue weighted by Gasteiger charge is 2.34. The molecule has 3 aromatic rings. The Balaban J connectivity index is 1.45. The van der Waals surface area contributed by atoms with Crippen LogP contribution in [0.3, 0.4) is 0 Å². The highest BCUT2D eigenvalue weighted by atomic mass is 16.2. The molecular weight excluding hydrogens is 394 g/mol. The Kier molecular flexibility index (Phi) is 7.62. The van der Waals surface area contributed by atoms with E-state index >= 15 is 0 Å². The molecule has 2 aromatic carbocycles. The molecule has 1 aliphatic rings. The third-order valence-electron chi connectivity index (χ3n) is 6.72. The second kappa shape index (κ2) is 10.8. The van der Waals surface area contributed by atoms with Crippen molar-refractivity contribution < 1.29 is 4.79 Å². The number of fused-ring (bicyclic) bond motifs is 1. The fourth-order valence-corrected chi connectivity index (χ4v) is 4.97. The van der Waals surface area contributed by atoms with Crippen molar-refractivity contribution in [2.75, 3.05) is 11.4 Å². The second-order valence-electron chi connectivity index (χ2n) is 9.33. The maximum Gasteiger partial charge on any atom is 0.227 e. The van der Waals surface area contributed by atoms with Gasteiger partial charge in [0.25, 0.3) is 0 Å². The van der Waals surface area contributed by atoms with Gasteiger partial charge in [-0.3, -0.25) is 4.79 Å². The Labute approximate surface area is 192 Å². The molecule has 1 fully saturated rings. The Morgan fingerprint density at radius 3 is 2.47 bits per heavy atom. The van der Waals surface area contributed by atoms with Crippen LogP contribution in [0.5, 0.6) is 0 Å². The van der Waals surface area contributed by atoms with Crippen LogP contribution in [0.2, 0.25) is 0 Å². The number of carbonyl (C=O) groups is 1. The van der Waals surface area contributed by atoms with E-state index < -0.39 is 0 Å². The van der Waals surface area contributed by atoms with E-state index in [4.69, 9.17) is 4.98 Å². The standard InChI is InChI=1S/C28H37N3O/c1-3-4-5-6-7-8-9-12-18-30-26-17-11-10-16-25(26)29-28(30)23-20-27(32)31(21-23)24-15-13-14-22(2)19-24/h10-11,13-17,19,23H,3-9,12,18,20-21H2,1-2H3/t23-/m1/s1. The molecule has 2 heterocycles. The van der Waals surface area contributed by atoms with Gasteiger partial charge in [0.15, 0.2) is 0 Å². The minimum absolute atomic E-state index is 0.143. The maximum absolute atomic E-state index is 12.9.